The monoisotopic (exact) mass is 355 g/mol. The number of halogens is 3. The van der Waals surface area contributed by atoms with Gasteiger partial charge in [0.15, 0.2) is 0 Å². The van der Waals surface area contributed by atoms with Crippen molar-refractivity contribution in [1.82, 2.24) is 15.6 Å². The van der Waals surface area contributed by atoms with Crippen molar-refractivity contribution in [2.45, 2.75) is 38.4 Å². The molecular weight excluding hydrogens is 335 g/mol. The Labute approximate surface area is 143 Å². The first-order valence-electron chi connectivity index (χ1n) is 8.03. The van der Waals surface area contributed by atoms with Crippen LogP contribution in [-0.4, -0.2) is 35.6 Å². The van der Waals surface area contributed by atoms with E-state index < -0.39 is 24.0 Å². The third-order valence-corrected chi connectivity index (χ3v) is 3.80. The molecule has 1 heterocycles. The molecule has 0 aliphatic carbocycles. The van der Waals surface area contributed by atoms with Crippen LogP contribution in [0.5, 0.6) is 0 Å². The molecular formula is C17H20F3N3O2. The second-order valence-corrected chi connectivity index (χ2v) is 5.71. The van der Waals surface area contributed by atoms with E-state index in [0.717, 1.165) is 16.6 Å². The average molecular weight is 355 g/mol. The van der Waals surface area contributed by atoms with Crippen LogP contribution in [0.15, 0.2) is 30.3 Å². The maximum atomic E-state index is 12.2. The van der Waals surface area contributed by atoms with E-state index in [0.29, 0.717) is 19.4 Å². The lowest BCUT2D eigenvalue weighted by Gasteiger charge is -2.17. The zero-order valence-corrected chi connectivity index (χ0v) is 13.7. The Morgan fingerprint density at radius 3 is 2.60 bits per heavy atom. The lowest BCUT2D eigenvalue weighted by atomic mass is 10.2. The average Bonchev–Trinajstić information content (AvgIpc) is 2.98. The van der Waals surface area contributed by atoms with Crippen LogP contribution in [0, 0.1) is 0 Å². The maximum absolute atomic E-state index is 12.2. The van der Waals surface area contributed by atoms with Crippen LogP contribution in [-0.2, 0) is 16.0 Å². The number of nitrogens with one attached hydrogen (secondary N) is 3. The molecule has 0 aliphatic heterocycles. The molecule has 1 aromatic carbocycles. The molecule has 0 saturated carbocycles. The van der Waals surface area contributed by atoms with Crippen molar-refractivity contribution in [2.75, 3.05) is 6.54 Å². The second-order valence-electron chi connectivity index (χ2n) is 5.71. The van der Waals surface area contributed by atoms with Gasteiger partial charge >= 0.3 is 12.1 Å². The normalized spacial score (nSPS) is 12.8. The van der Waals surface area contributed by atoms with Crippen LogP contribution >= 0.6 is 0 Å². The maximum Gasteiger partial charge on any atom is 0.471 e. The summed E-state index contributed by atoms with van der Waals surface area (Å²) in [7, 11) is 0. The fourth-order valence-electron chi connectivity index (χ4n) is 2.47. The summed E-state index contributed by atoms with van der Waals surface area (Å²) in [5.41, 5.74) is 2.05. The second kappa shape index (κ2) is 8.04. The van der Waals surface area contributed by atoms with Crippen LogP contribution in [0.25, 0.3) is 10.9 Å². The molecule has 8 heteroatoms. The Kier molecular flexibility index (Phi) is 6.06. The first-order valence-corrected chi connectivity index (χ1v) is 8.03. The van der Waals surface area contributed by atoms with Gasteiger partial charge in [-0.15, -0.1) is 0 Å². The summed E-state index contributed by atoms with van der Waals surface area (Å²) in [5.74, 6) is -2.72. The molecule has 2 rings (SSSR count). The number of aryl methyl sites for hydroxylation is 1. The Hall–Kier alpha value is -2.51. The highest BCUT2D eigenvalue weighted by molar-refractivity contribution is 5.89. The van der Waals surface area contributed by atoms with Gasteiger partial charge in [-0.05, 0) is 36.8 Å². The van der Waals surface area contributed by atoms with Gasteiger partial charge in [0.25, 0.3) is 0 Å². The molecule has 1 unspecified atom stereocenters. The molecule has 0 bridgehead atoms. The number of benzene rings is 1. The molecule has 1 aromatic heterocycles. The predicted octanol–water partition coefficient (Wildman–Crippen LogP) is 2.67. The minimum atomic E-state index is -5.00. The molecule has 0 radical (unpaired) electrons. The van der Waals surface area contributed by atoms with E-state index in [2.05, 4.69) is 10.3 Å². The van der Waals surface area contributed by atoms with E-state index in [4.69, 9.17) is 0 Å². The number of rotatable bonds is 7. The number of aromatic nitrogens is 1. The minimum absolute atomic E-state index is 0.0790. The summed E-state index contributed by atoms with van der Waals surface area (Å²) in [6.07, 6.45) is -3.60. The summed E-state index contributed by atoms with van der Waals surface area (Å²) >= 11 is 0. The van der Waals surface area contributed by atoms with Gasteiger partial charge < -0.3 is 15.6 Å². The summed E-state index contributed by atoms with van der Waals surface area (Å²) < 4.78 is 36.7. The van der Waals surface area contributed by atoms with Crippen molar-refractivity contribution in [1.29, 1.82) is 0 Å². The molecule has 2 aromatic rings. The van der Waals surface area contributed by atoms with Crippen molar-refractivity contribution in [2.24, 2.45) is 0 Å². The number of alkyl halides is 3. The SMILES string of the molecule is CCC(NC(=O)C(F)(F)F)C(=O)NCCCc1cc2ccccc2[nH]1. The van der Waals surface area contributed by atoms with Crippen molar-refractivity contribution >= 4 is 22.7 Å². The van der Waals surface area contributed by atoms with Gasteiger partial charge in [0, 0.05) is 17.8 Å². The summed E-state index contributed by atoms with van der Waals surface area (Å²) in [4.78, 5) is 26.1. The number of fused-ring (bicyclic) bond motifs is 1. The predicted molar refractivity (Wildman–Crippen MR) is 87.9 cm³/mol. The molecule has 25 heavy (non-hydrogen) atoms. The number of aromatic amines is 1. The van der Waals surface area contributed by atoms with E-state index in [1.807, 2.05) is 30.3 Å². The number of hydrogen-bond donors (Lipinski definition) is 3. The standard InChI is InChI=1S/C17H20F3N3O2/c1-2-13(23-16(25)17(18,19)20)15(24)21-9-5-7-12-10-11-6-3-4-8-14(11)22-12/h3-4,6,8,10,13,22H,2,5,7,9H2,1H3,(H,21,24)(H,23,25). The number of amides is 2. The van der Waals surface area contributed by atoms with Crippen LogP contribution in [0.1, 0.15) is 25.5 Å². The fourth-order valence-corrected chi connectivity index (χ4v) is 2.47. The zero-order valence-electron chi connectivity index (χ0n) is 13.7. The molecule has 5 nitrogen and oxygen atoms in total. The van der Waals surface area contributed by atoms with Gasteiger partial charge in [-0.1, -0.05) is 25.1 Å². The largest absolute Gasteiger partial charge is 0.471 e. The topological polar surface area (TPSA) is 74.0 Å². The Balaban J connectivity index is 1.77. The lowest BCUT2D eigenvalue weighted by molar-refractivity contribution is -0.174. The van der Waals surface area contributed by atoms with E-state index in [-0.39, 0.29) is 6.42 Å². The van der Waals surface area contributed by atoms with Crippen LogP contribution < -0.4 is 10.6 Å². The first kappa shape index (κ1) is 18.8. The van der Waals surface area contributed by atoms with Gasteiger partial charge in [0.2, 0.25) is 5.91 Å². The van der Waals surface area contributed by atoms with E-state index in [1.54, 1.807) is 5.32 Å². The van der Waals surface area contributed by atoms with E-state index in [9.17, 15) is 22.8 Å². The van der Waals surface area contributed by atoms with E-state index >= 15 is 0 Å². The highest BCUT2D eigenvalue weighted by atomic mass is 19.4. The highest BCUT2D eigenvalue weighted by Crippen LogP contribution is 2.16. The number of carbonyl (C=O) groups excluding carboxylic acids is 2. The smallest absolute Gasteiger partial charge is 0.358 e. The van der Waals surface area contributed by atoms with Crippen LogP contribution in [0.2, 0.25) is 0 Å². The Morgan fingerprint density at radius 1 is 1.24 bits per heavy atom. The summed E-state index contributed by atoms with van der Waals surface area (Å²) in [5, 5.41) is 5.36. The first-order chi connectivity index (χ1) is 11.8. The minimum Gasteiger partial charge on any atom is -0.358 e. The molecule has 136 valence electrons. The van der Waals surface area contributed by atoms with Crippen LogP contribution in [0.4, 0.5) is 13.2 Å². The quantitative estimate of drug-likeness (QED) is 0.668. The van der Waals surface area contributed by atoms with E-state index in [1.165, 1.54) is 6.92 Å². The number of carbonyl (C=O) groups is 2. The number of hydrogen-bond acceptors (Lipinski definition) is 2. The lowest BCUT2D eigenvalue weighted by Crippen LogP contribution is -2.50. The van der Waals surface area contributed by atoms with Crippen molar-refractivity contribution in [3.8, 4) is 0 Å². The molecule has 0 saturated heterocycles. The fraction of sp³-hybridized carbons (Fsp3) is 0.412. The summed E-state index contributed by atoms with van der Waals surface area (Å²) in [6, 6.07) is 8.67. The molecule has 0 aliphatic rings. The van der Waals surface area contributed by atoms with Gasteiger partial charge in [-0.2, -0.15) is 13.2 Å². The van der Waals surface area contributed by atoms with Crippen molar-refractivity contribution < 1.29 is 22.8 Å². The zero-order chi connectivity index (χ0) is 18.4. The highest BCUT2D eigenvalue weighted by Gasteiger charge is 2.40. The van der Waals surface area contributed by atoms with Crippen LogP contribution in [0.3, 0.4) is 0 Å². The number of para-hydroxylation sites is 1. The molecule has 3 N–H and O–H groups in total. The van der Waals surface area contributed by atoms with Crippen molar-refractivity contribution in [3.05, 3.63) is 36.0 Å². The van der Waals surface area contributed by atoms with Crippen molar-refractivity contribution in [3.63, 3.8) is 0 Å². The Morgan fingerprint density at radius 2 is 1.96 bits per heavy atom. The molecule has 0 fully saturated rings. The number of H-pyrrole nitrogens is 1. The molecule has 1 atom stereocenters. The molecule has 2 amide bonds. The third-order valence-electron chi connectivity index (χ3n) is 3.80. The molecule has 0 spiro atoms. The third kappa shape index (κ3) is 5.23. The van der Waals surface area contributed by atoms with Gasteiger partial charge in [0.05, 0.1) is 0 Å². The Bertz CT molecular complexity index is 707. The summed E-state index contributed by atoms with van der Waals surface area (Å²) in [6.45, 7) is 1.85. The van der Waals surface area contributed by atoms with Gasteiger partial charge in [-0.25, -0.2) is 0 Å². The van der Waals surface area contributed by atoms with Gasteiger partial charge in [-0.3, -0.25) is 9.59 Å². The van der Waals surface area contributed by atoms with Gasteiger partial charge in [0.1, 0.15) is 6.04 Å².